The largest absolute Gasteiger partial charge is 0.406 e. The number of hydrogen-bond donors (Lipinski definition) is 1. The number of likely N-dealkylation sites (tertiary alicyclic amines) is 1. The molecule has 0 unspecified atom stereocenters. The van der Waals surface area contributed by atoms with Crippen LogP contribution in [0.3, 0.4) is 0 Å². The van der Waals surface area contributed by atoms with Gasteiger partial charge in [-0.05, 0) is 25.5 Å². The smallest absolute Gasteiger partial charge is 0.329 e. The molecule has 0 aliphatic carbocycles. The molecular formula is C14H14F6N2O. The number of amides is 1. The number of nitrogens with zero attached hydrogens (tertiary/aromatic N) is 1. The first kappa shape index (κ1) is 17.6. The molecule has 0 aromatic heterocycles. The van der Waals surface area contributed by atoms with E-state index in [0.29, 0.717) is 17.0 Å². The van der Waals surface area contributed by atoms with E-state index in [2.05, 4.69) is 0 Å². The minimum Gasteiger partial charge on any atom is -0.329 e. The van der Waals surface area contributed by atoms with E-state index in [1.165, 1.54) is 6.92 Å². The van der Waals surface area contributed by atoms with E-state index < -0.39 is 59.6 Å². The number of benzene rings is 1. The third-order valence-electron chi connectivity index (χ3n) is 3.98. The highest BCUT2D eigenvalue weighted by Gasteiger charge is 2.45. The Kier molecular flexibility index (Phi) is 4.61. The van der Waals surface area contributed by atoms with Crippen molar-refractivity contribution >= 4 is 5.91 Å². The van der Waals surface area contributed by atoms with Crippen molar-refractivity contribution in [2.24, 2.45) is 5.73 Å². The molecule has 23 heavy (non-hydrogen) atoms. The van der Waals surface area contributed by atoms with E-state index in [9.17, 15) is 31.1 Å². The molecule has 0 radical (unpaired) electrons. The highest BCUT2D eigenvalue weighted by molar-refractivity contribution is 5.83. The zero-order valence-electron chi connectivity index (χ0n) is 12.0. The Labute approximate surface area is 128 Å². The summed E-state index contributed by atoms with van der Waals surface area (Å²) in [4.78, 5) is 12.3. The van der Waals surface area contributed by atoms with Crippen molar-refractivity contribution in [1.29, 1.82) is 0 Å². The van der Waals surface area contributed by atoms with Gasteiger partial charge in [0, 0.05) is 17.5 Å². The molecule has 0 saturated carbocycles. The number of rotatable bonds is 2. The third-order valence-corrected chi connectivity index (χ3v) is 3.98. The van der Waals surface area contributed by atoms with Crippen LogP contribution in [0.15, 0.2) is 12.1 Å². The normalized spacial score (nSPS) is 25.8. The van der Waals surface area contributed by atoms with Crippen LogP contribution in [-0.2, 0) is 4.79 Å². The van der Waals surface area contributed by atoms with E-state index in [1.54, 1.807) is 0 Å². The Bertz CT molecular complexity index is 618. The maximum absolute atomic E-state index is 13.9. The van der Waals surface area contributed by atoms with Gasteiger partial charge < -0.3 is 10.6 Å². The van der Waals surface area contributed by atoms with Crippen LogP contribution < -0.4 is 5.73 Å². The SMILES string of the molecule is C[C@H]1[C@@H](c2c(F)ccc(F)c2F)C[C@@H](N)C(=O)N1CC(F)(F)F. The number of nitrogens with two attached hydrogens (primary N) is 1. The van der Waals surface area contributed by atoms with Crippen LogP contribution in [0.5, 0.6) is 0 Å². The summed E-state index contributed by atoms with van der Waals surface area (Å²) in [6.45, 7) is -0.361. The molecule has 1 aliphatic rings. The summed E-state index contributed by atoms with van der Waals surface area (Å²) < 4.78 is 79.1. The second-order valence-electron chi connectivity index (χ2n) is 5.53. The topological polar surface area (TPSA) is 46.3 Å². The first-order chi connectivity index (χ1) is 10.5. The summed E-state index contributed by atoms with van der Waals surface area (Å²) in [6.07, 6.45) is -4.96. The Balaban J connectivity index is 2.44. The summed E-state index contributed by atoms with van der Waals surface area (Å²) >= 11 is 0. The highest BCUT2D eigenvalue weighted by atomic mass is 19.4. The van der Waals surface area contributed by atoms with Gasteiger partial charge in [0.05, 0.1) is 6.04 Å². The average Bonchev–Trinajstić information content (AvgIpc) is 2.44. The summed E-state index contributed by atoms with van der Waals surface area (Å²) in [5, 5.41) is 0. The summed E-state index contributed by atoms with van der Waals surface area (Å²) in [5.74, 6) is -6.02. The third kappa shape index (κ3) is 3.44. The summed E-state index contributed by atoms with van der Waals surface area (Å²) in [6, 6.07) is -1.26. The van der Waals surface area contributed by atoms with Crippen molar-refractivity contribution in [3.8, 4) is 0 Å². The van der Waals surface area contributed by atoms with Crippen LogP contribution in [0, 0.1) is 17.5 Å². The molecule has 0 spiro atoms. The maximum Gasteiger partial charge on any atom is 0.406 e. The fourth-order valence-electron chi connectivity index (χ4n) is 2.86. The zero-order valence-corrected chi connectivity index (χ0v) is 12.0. The van der Waals surface area contributed by atoms with Gasteiger partial charge >= 0.3 is 6.18 Å². The molecule has 0 bridgehead atoms. The Morgan fingerprint density at radius 3 is 2.35 bits per heavy atom. The van der Waals surface area contributed by atoms with E-state index >= 15 is 0 Å². The molecule has 1 saturated heterocycles. The van der Waals surface area contributed by atoms with E-state index in [0.717, 1.165) is 0 Å². The molecule has 1 fully saturated rings. The van der Waals surface area contributed by atoms with Gasteiger partial charge in [-0.2, -0.15) is 13.2 Å². The van der Waals surface area contributed by atoms with E-state index in [4.69, 9.17) is 5.73 Å². The fourth-order valence-corrected chi connectivity index (χ4v) is 2.86. The van der Waals surface area contributed by atoms with E-state index in [-0.39, 0.29) is 6.42 Å². The van der Waals surface area contributed by atoms with Gasteiger partial charge in [0.2, 0.25) is 5.91 Å². The van der Waals surface area contributed by atoms with Crippen LogP contribution in [-0.4, -0.2) is 35.6 Å². The molecule has 1 aromatic carbocycles. The molecule has 3 atom stereocenters. The maximum atomic E-state index is 13.9. The van der Waals surface area contributed by atoms with Crippen LogP contribution in [0.4, 0.5) is 26.3 Å². The van der Waals surface area contributed by atoms with Gasteiger partial charge in [-0.25, -0.2) is 13.2 Å². The Morgan fingerprint density at radius 2 is 1.78 bits per heavy atom. The molecule has 1 aliphatic heterocycles. The van der Waals surface area contributed by atoms with Gasteiger partial charge in [-0.15, -0.1) is 0 Å². The Morgan fingerprint density at radius 1 is 1.22 bits per heavy atom. The first-order valence-electron chi connectivity index (χ1n) is 6.79. The predicted octanol–water partition coefficient (Wildman–Crippen LogP) is 2.70. The van der Waals surface area contributed by atoms with Gasteiger partial charge in [-0.1, -0.05) is 0 Å². The van der Waals surface area contributed by atoms with Crippen LogP contribution in [0.1, 0.15) is 24.8 Å². The van der Waals surface area contributed by atoms with Crippen molar-refractivity contribution in [2.45, 2.75) is 37.5 Å². The average molecular weight is 340 g/mol. The van der Waals surface area contributed by atoms with Crippen molar-refractivity contribution in [1.82, 2.24) is 4.90 Å². The van der Waals surface area contributed by atoms with Crippen molar-refractivity contribution in [3.63, 3.8) is 0 Å². The van der Waals surface area contributed by atoms with Crippen LogP contribution in [0.25, 0.3) is 0 Å². The van der Waals surface area contributed by atoms with Crippen LogP contribution >= 0.6 is 0 Å². The minimum atomic E-state index is -4.69. The number of hydrogen-bond acceptors (Lipinski definition) is 2. The molecule has 2 rings (SSSR count). The molecule has 1 amide bonds. The highest BCUT2D eigenvalue weighted by Crippen LogP contribution is 2.37. The number of carbonyl (C=O) groups is 1. The first-order valence-corrected chi connectivity index (χ1v) is 6.79. The molecule has 3 nitrogen and oxygen atoms in total. The number of carbonyl (C=O) groups excluding carboxylic acids is 1. The van der Waals surface area contributed by atoms with Crippen molar-refractivity contribution in [3.05, 3.63) is 35.1 Å². The van der Waals surface area contributed by atoms with Gasteiger partial charge in [0.15, 0.2) is 11.6 Å². The number of alkyl halides is 3. The summed E-state index contributed by atoms with van der Waals surface area (Å²) in [7, 11) is 0. The number of piperidine rings is 1. The van der Waals surface area contributed by atoms with Gasteiger partial charge in [-0.3, -0.25) is 4.79 Å². The second-order valence-corrected chi connectivity index (χ2v) is 5.53. The molecule has 1 aromatic rings. The minimum absolute atomic E-state index is 0.272. The lowest BCUT2D eigenvalue weighted by atomic mass is 9.81. The molecule has 9 heteroatoms. The summed E-state index contributed by atoms with van der Waals surface area (Å²) in [5.41, 5.74) is 4.83. The van der Waals surface area contributed by atoms with Crippen molar-refractivity contribution in [2.75, 3.05) is 6.54 Å². The van der Waals surface area contributed by atoms with Crippen molar-refractivity contribution < 1.29 is 31.1 Å². The van der Waals surface area contributed by atoms with Gasteiger partial charge in [0.1, 0.15) is 12.4 Å². The molecule has 1 heterocycles. The van der Waals surface area contributed by atoms with Crippen LogP contribution in [0.2, 0.25) is 0 Å². The molecule has 128 valence electrons. The van der Waals surface area contributed by atoms with Gasteiger partial charge in [0.25, 0.3) is 0 Å². The zero-order chi connectivity index (χ0) is 17.5. The molecule has 2 N–H and O–H groups in total. The fraction of sp³-hybridized carbons (Fsp3) is 0.500. The van der Waals surface area contributed by atoms with E-state index in [1.807, 2.05) is 0 Å². The number of halogens is 6. The lowest BCUT2D eigenvalue weighted by Crippen LogP contribution is -2.57. The molecular weight excluding hydrogens is 326 g/mol. The predicted molar refractivity (Wildman–Crippen MR) is 68.9 cm³/mol. The monoisotopic (exact) mass is 340 g/mol. The lowest BCUT2D eigenvalue weighted by Gasteiger charge is -2.42. The Hall–Kier alpha value is -1.77. The second kappa shape index (κ2) is 6.03. The quantitative estimate of drug-likeness (QED) is 0.665. The standard InChI is InChI=1S/C14H14F6N2O/c1-6-7(11-8(15)2-3-9(16)12(11)17)4-10(21)13(23)22(6)5-14(18,19)20/h2-3,6-7,10H,4-5,21H2,1H3/t6-,7-,10+/m0/s1. The lowest BCUT2D eigenvalue weighted by molar-refractivity contribution is -0.170.